The largest absolute Gasteiger partial charge is 0.497 e. The molecule has 1 N–H and O–H groups in total. The summed E-state index contributed by atoms with van der Waals surface area (Å²) in [6.07, 6.45) is 3.74. The molecule has 156 valence electrons. The van der Waals surface area contributed by atoms with E-state index < -0.39 is 0 Å². The van der Waals surface area contributed by atoms with Gasteiger partial charge in [0.05, 0.1) is 12.1 Å². The first kappa shape index (κ1) is 21.4. The molecule has 0 spiro atoms. The smallest absolute Gasteiger partial charge is 0.256 e. The molecule has 3 aromatic carbocycles. The minimum absolute atomic E-state index is 0.196. The highest BCUT2D eigenvalue weighted by molar-refractivity contribution is 7.98. The fourth-order valence-corrected chi connectivity index (χ4v) is 4.57. The van der Waals surface area contributed by atoms with Crippen molar-refractivity contribution in [3.63, 3.8) is 0 Å². The quantitative estimate of drug-likeness (QED) is 0.307. The van der Waals surface area contributed by atoms with E-state index in [1.807, 2.05) is 60.2 Å². The van der Waals surface area contributed by atoms with E-state index in [0.717, 1.165) is 32.3 Å². The second-order valence-corrected chi connectivity index (χ2v) is 8.81. The number of methoxy groups -OCH3 is 1. The number of carbonyl (C=O) groups excluding carboxylic acids is 1. The van der Waals surface area contributed by atoms with Crippen molar-refractivity contribution in [2.75, 3.05) is 18.7 Å². The molecule has 0 aliphatic rings. The zero-order valence-electron chi connectivity index (χ0n) is 16.9. The van der Waals surface area contributed by atoms with Gasteiger partial charge in [-0.25, -0.2) is 4.98 Å². The summed E-state index contributed by atoms with van der Waals surface area (Å²) in [5.74, 6) is 0.544. The molecule has 0 saturated carbocycles. The van der Waals surface area contributed by atoms with Gasteiger partial charge in [0.1, 0.15) is 10.8 Å². The number of thiazole rings is 1. The summed E-state index contributed by atoms with van der Waals surface area (Å²) < 4.78 is 5.37. The van der Waals surface area contributed by atoms with Crippen LogP contribution in [0.15, 0.2) is 77.1 Å². The monoisotopic (exact) mass is 466 g/mol. The van der Waals surface area contributed by atoms with E-state index in [1.165, 1.54) is 11.3 Å². The first-order chi connectivity index (χ1) is 15.1. The molecule has 0 unspecified atom stereocenters. The highest BCUT2D eigenvalue weighted by Gasteiger charge is 2.16. The Labute approximate surface area is 194 Å². The van der Waals surface area contributed by atoms with Gasteiger partial charge in [0.2, 0.25) is 0 Å². The lowest BCUT2D eigenvalue weighted by Gasteiger charge is -2.13. The van der Waals surface area contributed by atoms with E-state index in [4.69, 9.17) is 16.3 Å². The van der Waals surface area contributed by atoms with Crippen LogP contribution in [0.2, 0.25) is 5.02 Å². The zero-order valence-corrected chi connectivity index (χ0v) is 19.3. The number of hydrogen-bond acceptors (Lipinski definition) is 5. The summed E-state index contributed by atoms with van der Waals surface area (Å²) >= 11 is 9.48. The molecule has 0 saturated heterocycles. The van der Waals surface area contributed by atoms with Crippen LogP contribution in [0, 0.1) is 0 Å². The lowest BCUT2D eigenvalue weighted by molar-refractivity contribution is 0.102. The molecule has 0 aliphatic heterocycles. The molecular weight excluding hydrogens is 448 g/mol. The zero-order chi connectivity index (χ0) is 21.8. The average Bonchev–Trinajstić information content (AvgIpc) is 3.34. The Morgan fingerprint density at radius 2 is 1.97 bits per heavy atom. The first-order valence-electron chi connectivity index (χ1n) is 9.42. The van der Waals surface area contributed by atoms with Crippen molar-refractivity contribution in [2.24, 2.45) is 0 Å². The number of halogens is 1. The summed E-state index contributed by atoms with van der Waals surface area (Å²) in [7, 11) is 1.63. The molecule has 1 amide bonds. The van der Waals surface area contributed by atoms with Gasteiger partial charge in [-0.15, -0.1) is 23.1 Å². The van der Waals surface area contributed by atoms with E-state index in [9.17, 15) is 4.79 Å². The molecule has 0 radical (unpaired) electrons. The van der Waals surface area contributed by atoms with Gasteiger partial charge in [0, 0.05) is 33.3 Å². The van der Waals surface area contributed by atoms with Crippen molar-refractivity contribution in [3.05, 3.63) is 82.8 Å². The predicted octanol–water partition coefficient (Wildman–Crippen LogP) is 7.11. The fraction of sp³-hybridized carbons (Fsp3) is 0.0833. The van der Waals surface area contributed by atoms with Crippen molar-refractivity contribution in [1.82, 2.24) is 4.98 Å². The van der Waals surface area contributed by atoms with Gasteiger partial charge < -0.3 is 10.1 Å². The molecule has 31 heavy (non-hydrogen) atoms. The number of ether oxygens (including phenoxy) is 1. The van der Waals surface area contributed by atoms with Crippen LogP contribution < -0.4 is 10.1 Å². The number of anilines is 1. The molecule has 4 nitrogen and oxygen atoms in total. The van der Waals surface area contributed by atoms with Crippen LogP contribution in [0.1, 0.15) is 10.4 Å². The third-order valence-corrected chi connectivity index (χ3v) is 6.60. The number of nitrogens with one attached hydrogen (secondary N) is 1. The minimum Gasteiger partial charge on any atom is -0.497 e. The Morgan fingerprint density at radius 3 is 2.71 bits per heavy atom. The number of hydrogen-bond donors (Lipinski definition) is 1. The molecule has 4 rings (SSSR count). The topological polar surface area (TPSA) is 51.2 Å². The molecular formula is C24H19ClN2O2S2. The van der Waals surface area contributed by atoms with E-state index in [0.29, 0.717) is 16.3 Å². The Hall–Kier alpha value is -2.80. The number of thioether (sulfide) groups is 1. The van der Waals surface area contributed by atoms with Gasteiger partial charge in [0.25, 0.3) is 5.91 Å². The SMILES string of the molecule is COc1cccc(-c2cc(SC)ccc2C(=O)Nc2ccc(Cl)c(-c3nccs3)c2)c1. The van der Waals surface area contributed by atoms with Crippen molar-refractivity contribution in [3.8, 4) is 27.4 Å². The number of nitrogens with zero attached hydrogens (tertiary/aromatic N) is 1. The van der Waals surface area contributed by atoms with Crippen LogP contribution in [0.25, 0.3) is 21.7 Å². The Balaban J connectivity index is 1.70. The molecule has 1 aromatic heterocycles. The van der Waals surface area contributed by atoms with Crippen LogP contribution in [-0.2, 0) is 0 Å². The van der Waals surface area contributed by atoms with Crippen molar-refractivity contribution in [2.45, 2.75) is 4.90 Å². The summed E-state index contributed by atoms with van der Waals surface area (Å²) in [6.45, 7) is 0. The number of aromatic nitrogens is 1. The van der Waals surface area contributed by atoms with E-state index in [1.54, 1.807) is 37.2 Å². The molecule has 0 fully saturated rings. The standard InChI is InChI=1S/C24H19ClN2O2S2/c1-29-17-5-3-4-15(12-17)20-14-18(30-2)7-8-19(20)23(28)27-16-6-9-22(25)21(13-16)24-26-10-11-31-24/h3-14H,1-2H3,(H,27,28). The van der Waals surface area contributed by atoms with Crippen LogP contribution in [0.5, 0.6) is 5.75 Å². The van der Waals surface area contributed by atoms with Crippen LogP contribution in [0.4, 0.5) is 5.69 Å². The molecule has 1 heterocycles. The summed E-state index contributed by atoms with van der Waals surface area (Å²) in [4.78, 5) is 18.6. The fourth-order valence-electron chi connectivity index (χ4n) is 3.20. The van der Waals surface area contributed by atoms with Gasteiger partial charge in [0.15, 0.2) is 0 Å². The van der Waals surface area contributed by atoms with Crippen molar-refractivity contribution < 1.29 is 9.53 Å². The van der Waals surface area contributed by atoms with Gasteiger partial charge in [-0.2, -0.15) is 0 Å². The third kappa shape index (κ3) is 4.77. The Kier molecular flexibility index (Phi) is 6.61. The molecule has 4 aromatic rings. The maximum Gasteiger partial charge on any atom is 0.256 e. The lowest BCUT2D eigenvalue weighted by Crippen LogP contribution is -2.13. The van der Waals surface area contributed by atoms with Gasteiger partial charge >= 0.3 is 0 Å². The Bertz CT molecular complexity index is 1230. The molecule has 0 atom stereocenters. The minimum atomic E-state index is -0.196. The average molecular weight is 467 g/mol. The number of rotatable bonds is 6. The normalized spacial score (nSPS) is 10.7. The summed E-state index contributed by atoms with van der Waals surface area (Å²) in [5, 5.41) is 6.30. The van der Waals surface area contributed by atoms with Gasteiger partial charge in [-0.05, 0) is 65.9 Å². The predicted molar refractivity (Wildman–Crippen MR) is 131 cm³/mol. The Morgan fingerprint density at radius 1 is 1.10 bits per heavy atom. The van der Waals surface area contributed by atoms with Crippen LogP contribution in [-0.4, -0.2) is 24.3 Å². The number of amides is 1. The molecule has 0 aliphatic carbocycles. The van der Waals surface area contributed by atoms with E-state index >= 15 is 0 Å². The van der Waals surface area contributed by atoms with Crippen molar-refractivity contribution in [1.29, 1.82) is 0 Å². The van der Waals surface area contributed by atoms with E-state index in [-0.39, 0.29) is 5.91 Å². The third-order valence-electron chi connectivity index (χ3n) is 4.74. The second kappa shape index (κ2) is 9.56. The molecule has 7 heteroatoms. The van der Waals surface area contributed by atoms with E-state index in [2.05, 4.69) is 10.3 Å². The second-order valence-electron chi connectivity index (χ2n) is 6.63. The highest BCUT2D eigenvalue weighted by atomic mass is 35.5. The van der Waals surface area contributed by atoms with Crippen LogP contribution in [0.3, 0.4) is 0 Å². The number of carbonyl (C=O) groups is 1. The highest BCUT2D eigenvalue weighted by Crippen LogP contribution is 2.34. The number of benzene rings is 3. The first-order valence-corrected chi connectivity index (χ1v) is 11.9. The lowest BCUT2D eigenvalue weighted by atomic mass is 9.98. The maximum absolute atomic E-state index is 13.2. The summed E-state index contributed by atoms with van der Waals surface area (Å²) in [6, 6.07) is 18.9. The molecule has 0 bridgehead atoms. The maximum atomic E-state index is 13.2. The van der Waals surface area contributed by atoms with Gasteiger partial charge in [-0.3, -0.25) is 4.79 Å². The summed E-state index contributed by atoms with van der Waals surface area (Å²) in [5.41, 5.74) is 3.79. The van der Waals surface area contributed by atoms with Crippen LogP contribution >= 0.6 is 34.7 Å². The van der Waals surface area contributed by atoms with Crippen molar-refractivity contribution >= 4 is 46.3 Å². The van der Waals surface area contributed by atoms with Gasteiger partial charge in [-0.1, -0.05) is 23.7 Å².